The van der Waals surface area contributed by atoms with E-state index in [1.807, 2.05) is 18.2 Å². The first-order valence-electron chi connectivity index (χ1n) is 11.4. The summed E-state index contributed by atoms with van der Waals surface area (Å²) in [6, 6.07) is 12.1. The molecule has 2 aromatic carbocycles. The van der Waals surface area contributed by atoms with Crippen molar-refractivity contribution in [1.29, 1.82) is 0 Å². The van der Waals surface area contributed by atoms with E-state index in [1.165, 1.54) is 0 Å². The molecular weight excluding hydrogens is 448 g/mol. The molecule has 0 aliphatic carbocycles. The Bertz CT molecular complexity index is 1090. The van der Waals surface area contributed by atoms with Gasteiger partial charge in [-0.05, 0) is 71.9 Å². The van der Waals surface area contributed by atoms with Gasteiger partial charge in [-0.3, -0.25) is 9.69 Å². The molecule has 1 aliphatic heterocycles. The molecule has 1 amide bonds. The van der Waals surface area contributed by atoms with Gasteiger partial charge in [-0.15, -0.1) is 0 Å². The van der Waals surface area contributed by atoms with E-state index < -0.39 is 0 Å². The highest BCUT2D eigenvalue weighted by Gasteiger charge is 2.30. The number of hydrogen-bond acceptors (Lipinski definition) is 5. The van der Waals surface area contributed by atoms with E-state index in [0.29, 0.717) is 30.6 Å². The number of ether oxygens (including phenoxy) is 3. The molecule has 3 rings (SSSR count). The Morgan fingerprint density at radius 1 is 1.09 bits per heavy atom. The molecule has 1 heterocycles. The maximum Gasteiger partial charge on any atom is 0.276 e. The molecule has 1 N–H and O–H groups in total. The Morgan fingerprint density at radius 2 is 1.85 bits per heavy atom. The number of benzene rings is 2. The van der Waals surface area contributed by atoms with Crippen LogP contribution in [0, 0.1) is 6.92 Å². The summed E-state index contributed by atoms with van der Waals surface area (Å²) in [4.78, 5) is 14.4. The number of hydrogen-bond donors (Lipinski definition) is 1. The average Bonchev–Trinajstić information content (AvgIpc) is 3.04. The molecule has 1 saturated heterocycles. The normalized spacial score (nSPS) is 15.1. The number of thiocarbonyl (C=S) groups is 1. The molecular formula is C27H34N2O4S. The summed E-state index contributed by atoms with van der Waals surface area (Å²) in [6.07, 6.45) is 2.53. The third kappa shape index (κ3) is 6.15. The molecule has 0 spiro atoms. The number of carbonyl (C=O) groups is 1. The van der Waals surface area contributed by atoms with Gasteiger partial charge in [-0.25, -0.2) is 0 Å². The smallest absolute Gasteiger partial charge is 0.276 e. The van der Waals surface area contributed by atoms with Crippen molar-refractivity contribution in [1.82, 2.24) is 10.2 Å². The largest absolute Gasteiger partial charge is 0.496 e. The van der Waals surface area contributed by atoms with E-state index in [9.17, 15) is 4.79 Å². The highest BCUT2D eigenvalue weighted by Crippen LogP contribution is 2.33. The Labute approximate surface area is 207 Å². The van der Waals surface area contributed by atoms with Crippen LogP contribution in [0.15, 0.2) is 42.1 Å². The lowest BCUT2D eigenvalue weighted by Crippen LogP contribution is -2.32. The first-order chi connectivity index (χ1) is 16.1. The second-order valence-electron chi connectivity index (χ2n) is 9.40. The van der Waals surface area contributed by atoms with E-state index in [0.717, 1.165) is 40.2 Å². The standard InChI is InChI=1S/C27H34N2O4S/c1-18-8-10-21(27(2,3)4)24(14-18)33-17-20-15-19(9-11-23(20)32-6)16-22-25(30)29(26(34)28-22)12-7-13-31-5/h8-11,14-16H,7,12-13,17H2,1-6H3,(H,28,34)/b22-16+. The molecule has 1 aliphatic rings. The van der Waals surface area contributed by atoms with E-state index in [2.05, 4.69) is 51.2 Å². The van der Waals surface area contributed by atoms with Crippen LogP contribution in [0.4, 0.5) is 0 Å². The van der Waals surface area contributed by atoms with Crippen LogP contribution >= 0.6 is 12.2 Å². The lowest BCUT2D eigenvalue weighted by molar-refractivity contribution is -0.122. The van der Waals surface area contributed by atoms with Gasteiger partial charge in [0.15, 0.2) is 5.11 Å². The van der Waals surface area contributed by atoms with Crippen molar-refractivity contribution >= 4 is 29.3 Å². The second kappa shape index (κ2) is 11.0. The van der Waals surface area contributed by atoms with E-state index >= 15 is 0 Å². The van der Waals surface area contributed by atoms with Crippen molar-refractivity contribution in [3.05, 3.63) is 64.3 Å². The SMILES string of the molecule is COCCCN1C(=O)/C(=C\c2ccc(OC)c(COc3cc(C)ccc3C(C)(C)C)c2)NC1=S. The van der Waals surface area contributed by atoms with Crippen LogP contribution in [0.25, 0.3) is 6.08 Å². The molecule has 7 heteroatoms. The van der Waals surface area contributed by atoms with Crippen molar-refractivity contribution in [2.24, 2.45) is 0 Å². The van der Waals surface area contributed by atoms with Gasteiger partial charge in [0.05, 0.1) is 7.11 Å². The summed E-state index contributed by atoms with van der Waals surface area (Å²) in [6.45, 7) is 10.0. The van der Waals surface area contributed by atoms with Crippen LogP contribution in [0.2, 0.25) is 0 Å². The number of rotatable bonds is 9. The van der Waals surface area contributed by atoms with Crippen LogP contribution in [0.3, 0.4) is 0 Å². The van der Waals surface area contributed by atoms with Gasteiger partial charge in [0.2, 0.25) is 0 Å². The molecule has 0 aromatic heterocycles. The van der Waals surface area contributed by atoms with E-state index in [-0.39, 0.29) is 11.3 Å². The molecule has 0 unspecified atom stereocenters. The first kappa shape index (κ1) is 25.7. The Kier molecular flexibility index (Phi) is 8.33. The highest BCUT2D eigenvalue weighted by atomic mass is 32.1. The zero-order valence-electron chi connectivity index (χ0n) is 20.9. The minimum absolute atomic E-state index is 0.0402. The number of carbonyl (C=O) groups excluding carboxylic acids is 1. The summed E-state index contributed by atoms with van der Waals surface area (Å²) < 4.78 is 16.9. The Hall–Kier alpha value is -2.90. The van der Waals surface area contributed by atoms with Gasteiger partial charge in [-0.1, -0.05) is 39.0 Å². The molecule has 0 saturated carbocycles. The summed E-state index contributed by atoms with van der Waals surface area (Å²) in [5.41, 5.74) is 4.46. The second-order valence-corrected chi connectivity index (χ2v) is 9.79. The number of aryl methyl sites for hydroxylation is 1. The Morgan fingerprint density at radius 3 is 2.53 bits per heavy atom. The summed E-state index contributed by atoms with van der Waals surface area (Å²) >= 11 is 5.35. The van der Waals surface area contributed by atoms with Crippen LogP contribution < -0.4 is 14.8 Å². The van der Waals surface area contributed by atoms with Gasteiger partial charge in [-0.2, -0.15) is 0 Å². The van der Waals surface area contributed by atoms with Crippen molar-refractivity contribution in [3.63, 3.8) is 0 Å². The lowest BCUT2D eigenvalue weighted by Gasteiger charge is -2.23. The monoisotopic (exact) mass is 482 g/mol. The van der Waals surface area contributed by atoms with E-state index in [4.69, 9.17) is 26.4 Å². The molecule has 182 valence electrons. The lowest BCUT2D eigenvalue weighted by atomic mass is 9.86. The van der Waals surface area contributed by atoms with Crippen LogP contribution in [-0.4, -0.2) is 43.3 Å². The summed E-state index contributed by atoms with van der Waals surface area (Å²) in [5, 5.41) is 3.45. The molecule has 0 radical (unpaired) electrons. The summed E-state index contributed by atoms with van der Waals surface area (Å²) in [5.74, 6) is 1.46. The van der Waals surface area contributed by atoms with Gasteiger partial charge < -0.3 is 19.5 Å². The molecule has 34 heavy (non-hydrogen) atoms. The molecule has 2 aromatic rings. The molecule has 0 atom stereocenters. The average molecular weight is 483 g/mol. The van der Waals surface area contributed by atoms with Crippen LogP contribution in [0.1, 0.15) is 49.4 Å². The van der Waals surface area contributed by atoms with Gasteiger partial charge in [0, 0.05) is 25.8 Å². The maximum atomic E-state index is 12.8. The topological polar surface area (TPSA) is 60.0 Å². The molecule has 6 nitrogen and oxygen atoms in total. The van der Waals surface area contributed by atoms with Gasteiger partial charge >= 0.3 is 0 Å². The third-order valence-electron chi connectivity index (χ3n) is 5.64. The minimum atomic E-state index is -0.135. The fourth-order valence-electron chi connectivity index (χ4n) is 3.83. The summed E-state index contributed by atoms with van der Waals surface area (Å²) in [7, 11) is 3.28. The number of nitrogens with one attached hydrogen (secondary N) is 1. The van der Waals surface area contributed by atoms with Crippen molar-refractivity contribution < 1.29 is 19.0 Å². The fraction of sp³-hybridized carbons (Fsp3) is 0.407. The van der Waals surface area contributed by atoms with Crippen LogP contribution in [0.5, 0.6) is 11.5 Å². The Balaban J connectivity index is 1.82. The fourth-order valence-corrected chi connectivity index (χ4v) is 4.12. The zero-order valence-corrected chi connectivity index (χ0v) is 21.7. The van der Waals surface area contributed by atoms with Gasteiger partial charge in [0.25, 0.3) is 5.91 Å². The van der Waals surface area contributed by atoms with Crippen molar-refractivity contribution in [2.75, 3.05) is 27.4 Å². The first-order valence-corrected chi connectivity index (χ1v) is 11.8. The highest BCUT2D eigenvalue weighted by molar-refractivity contribution is 7.80. The molecule has 0 bridgehead atoms. The quantitative estimate of drug-likeness (QED) is 0.309. The van der Waals surface area contributed by atoms with Crippen LogP contribution in [-0.2, 0) is 21.6 Å². The number of methoxy groups -OCH3 is 2. The number of nitrogens with zero attached hydrogens (tertiary/aromatic N) is 1. The zero-order chi connectivity index (χ0) is 24.9. The van der Waals surface area contributed by atoms with Crippen molar-refractivity contribution in [2.45, 2.75) is 46.1 Å². The van der Waals surface area contributed by atoms with Gasteiger partial charge in [0.1, 0.15) is 23.8 Å². The minimum Gasteiger partial charge on any atom is -0.496 e. The molecule has 1 fully saturated rings. The van der Waals surface area contributed by atoms with E-state index in [1.54, 1.807) is 25.2 Å². The number of amides is 1. The predicted molar refractivity (Wildman–Crippen MR) is 139 cm³/mol. The predicted octanol–water partition coefficient (Wildman–Crippen LogP) is 4.97. The van der Waals surface area contributed by atoms with Crippen molar-refractivity contribution in [3.8, 4) is 11.5 Å². The third-order valence-corrected chi connectivity index (χ3v) is 5.96. The maximum absolute atomic E-state index is 12.8.